The number of phenolic OH excluding ortho intramolecular Hbond substituents is 1. The van der Waals surface area contributed by atoms with Crippen LogP contribution in [0.1, 0.15) is 12.0 Å². The summed E-state index contributed by atoms with van der Waals surface area (Å²) in [5.74, 6) is 0.247. The van der Waals surface area contributed by atoms with Crippen LogP contribution in [0.15, 0.2) is 48.5 Å². The van der Waals surface area contributed by atoms with Crippen molar-refractivity contribution in [2.75, 3.05) is 25.0 Å². The number of anilines is 1. The Kier molecular flexibility index (Phi) is 5.90. The van der Waals surface area contributed by atoms with Crippen molar-refractivity contribution in [2.45, 2.75) is 13.0 Å². The second kappa shape index (κ2) is 7.91. The first kappa shape index (κ1) is 15.7. The first-order valence-electron chi connectivity index (χ1n) is 7.11. The lowest BCUT2D eigenvalue weighted by Gasteiger charge is -2.19. The molecule has 0 saturated heterocycles. The summed E-state index contributed by atoms with van der Waals surface area (Å²) in [4.78, 5) is 2.23. The molecule has 0 bridgehead atoms. The third kappa shape index (κ3) is 4.66. The van der Waals surface area contributed by atoms with Crippen LogP contribution in [0.5, 0.6) is 5.75 Å². The predicted molar refractivity (Wildman–Crippen MR) is 89.2 cm³/mol. The van der Waals surface area contributed by atoms with Gasteiger partial charge in [-0.05, 0) is 37.2 Å². The van der Waals surface area contributed by atoms with Crippen LogP contribution >= 0.6 is 11.6 Å². The van der Waals surface area contributed by atoms with Crippen LogP contribution in [0.25, 0.3) is 0 Å². The second-order valence-corrected chi connectivity index (χ2v) is 5.43. The lowest BCUT2D eigenvalue weighted by molar-refractivity contribution is 0.464. The van der Waals surface area contributed by atoms with Gasteiger partial charge in [0.2, 0.25) is 0 Å². The van der Waals surface area contributed by atoms with E-state index in [1.807, 2.05) is 18.2 Å². The highest BCUT2D eigenvalue weighted by atomic mass is 35.5. The van der Waals surface area contributed by atoms with Gasteiger partial charge in [-0.25, -0.2) is 0 Å². The molecule has 2 rings (SSSR count). The van der Waals surface area contributed by atoms with Crippen molar-refractivity contribution < 1.29 is 5.11 Å². The maximum absolute atomic E-state index is 9.75. The summed E-state index contributed by atoms with van der Waals surface area (Å²) in [6.45, 7) is 2.44. The Labute approximate surface area is 131 Å². The summed E-state index contributed by atoms with van der Waals surface area (Å²) < 4.78 is 0. The van der Waals surface area contributed by atoms with Gasteiger partial charge >= 0.3 is 0 Å². The minimum absolute atomic E-state index is 0.247. The van der Waals surface area contributed by atoms with Crippen LogP contribution in [0.2, 0.25) is 5.02 Å². The highest BCUT2D eigenvalue weighted by Gasteiger charge is 2.05. The molecule has 0 atom stereocenters. The molecule has 0 aliphatic heterocycles. The van der Waals surface area contributed by atoms with E-state index in [0.717, 1.165) is 25.1 Å². The number of phenols is 1. The van der Waals surface area contributed by atoms with Crippen molar-refractivity contribution in [3.8, 4) is 5.75 Å². The van der Waals surface area contributed by atoms with Gasteiger partial charge in [0.25, 0.3) is 0 Å². The zero-order valence-electron chi connectivity index (χ0n) is 12.2. The number of halogens is 1. The number of nitrogens with one attached hydrogen (secondary N) is 1. The standard InChI is InChI=1S/C17H21ClN2O/c1-20(14-7-3-2-4-8-14)12-6-11-19-13-15-16(18)9-5-10-17(15)21/h2-5,7-10,19,21H,6,11-13H2,1H3. The van der Waals surface area contributed by atoms with E-state index < -0.39 is 0 Å². The average molecular weight is 305 g/mol. The molecule has 0 saturated carbocycles. The zero-order chi connectivity index (χ0) is 15.1. The Morgan fingerprint density at radius 2 is 1.86 bits per heavy atom. The van der Waals surface area contributed by atoms with Crippen LogP contribution in [0, 0.1) is 0 Å². The van der Waals surface area contributed by atoms with Gasteiger partial charge in [-0.3, -0.25) is 0 Å². The maximum Gasteiger partial charge on any atom is 0.121 e. The number of rotatable bonds is 7. The number of benzene rings is 2. The fraction of sp³-hybridized carbons (Fsp3) is 0.294. The molecule has 0 unspecified atom stereocenters. The van der Waals surface area contributed by atoms with Crippen LogP contribution < -0.4 is 10.2 Å². The van der Waals surface area contributed by atoms with Crippen LogP contribution in [-0.4, -0.2) is 25.2 Å². The van der Waals surface area contributed by atoms with Gasteiger partial charge < -0.3 is 15.3 Å². The van der Waals surface area contributed by atoms with E-state index >= 15 is 0 Å². The van der Waals surface area contributed by atoms with Crippen molar-refractivity contribution in [1.29, 1.82) is 0 Å². The molecule has 2 aromatic rings. The van der Waals surface area contributed by atoms with Gasteiger partial charge in [0, 0.05) is 36.4 Å². The van der Waals surface area contributed by atoms with Crippen molar-refractivity contribution >= 4 is 17.3 Å². The molecule has 0 amide bonds. The molecule has 0 spiro atoms. The van der Waals surface area contributed by atoms with Crippen LogP contribution in [-0.2, 0) is 6.54 Å². The van der Waals surface area contributed by atoms with Gasteiger partial charge in [0.05, 0.1) is 0 Å². The van der Waals surface area contributed by atoms with E-state index in [-0.39, 0.29) is 5.75 Å². The third-order valence-electron chi connectivity index (χ3n) is 3.44. The van der Waals surface area contributed by atoms with E-state index in [9.17, 15) is 5.11 Å². The quantitative estimate of drug-likeness (QED) is 0.766. The fourth-order valence-corrected chi connectivity index (χ4v) is 2.42. The zero-order valence-corrected chi connectivity index (χ0v) is 13.0. The average Bonchev–Trinajstić information content (AvgIpc) is 2.50. The van der Waals surface area contributed by atoms with E-state index in [1.165, 1.54) is 5.69 Å². The third-order valence-corrected chi connectivity index (χ3v) is 3.79. The smallest absolute Gasteiger partial charge is 0.121 e. The maximum atomic E-state index is 9.75. The van der Waals surface area contributed by atoms with Crippen molar-refractivity contribution in [3.63, 3.8) is 0 Å². The van der Waals surface area contributed by atoms with Gasteiger partial charge in [-0.2, -0.15) is 0 Å². The Hall–Kier alpha value is -1.71. The molecule has 0 radical (unpaired) electrons. The van der Waals surface area contributed by atoms with E-state index in [2.05, 4.69) is 29.4 Å². The lowest BCUT2D eigenvalue weighted by Crippen LogP contribution is -2.23. The molecule has 0 aromatic heterocycles. The molecule has 3 nitrogen and oxygen atoms in total. The fourth-order valence-electron chi connectivity index (χ4n) is 2.19. The molecular formula is C17H21ClN2O. The Morgan fingerprint density at radius 3 is 2.57 bits per heavy atom. The monoisotopic (exact) mass is 304 g/mol. The number of para-hydroxylation sites is 1. The Bertz CT molecular complexity index is 540. The first-order chi connectivity index (χ1) is 10.2. The molecule has 4 heteroatoms. The summed E-state index contributed by atoms with van der Waals surface area (Å²) in [6, 6.07) is 15.5. The van der Waals surface area contributed by atoms with E-state index in [1.54, 1.807) is 18.2 Å². The highest BCUT2D eigenvalue weighted by Crippen LogP contribution is 2.24. The summed E-state index contributed by atoms with van der Waals surface area (Å²) in [5.41, 5.74) is 1.98. The highest BCUT2D eigenvalue weighted by molar-refractivity contribution is 6.31. The minimum Gasteiger partial charge on any atom is -0.508 e. The molecule has 112 valence electrons. The Balaban J connectivity index is 1.71. The number of hydrogen-bond acceptors (Lipinski definition) is 3. The van der Waals surface area contributed by atoms with Gasteiger partial charge in [0.1, 0.15) is 5.75 Å². The van der Waals surface area contributed by atoms with Crippen molar-refractivity contribution in [1.82, 2.24) is 5.32 Å². The first-order valence-corrected chi connectivity index (χ1v) is 7.49. The summed E-state index contributed by atoms with van der Waals surface area (Å²) in [6.07, 6.45) is 1.02. The molecule has 0 heterocycles. The predicted octanol–water partition coefficient (Wildman–Crippen LogP) is 3.66. The van der Waals surface area contributed by atoms with E-state index in [4.69, 9.17) is 11.6 Å². The van der Waals surface area contributed by atoms with Crippen molar-refractivity contribution in [2.24, 2.45) is 0 Å². The molecule has 0 aliphatic carbocycles. The molecule has 21 heavy (non-hydrogen) atoms. The van der Waals surface area contributed by atoms with E-state index in [0.29, 0.717) is 11.6 Å². The molecule has 0 fully saturated rings. The molecule has 0 aliphatic rings. The molecule has 2 aromatic carbocycles. The minimum atomic E-state index is 0.247. The number of nitrogens with zero attached hydrogens (tertiary/aromatic N) is 1. The molecular weight excluding hydrogens is 284 g/mol. The Morgan fingerprint density at radius 1 is 1.10 bits per heavy atom. The van der Waals surface area contributed by atoms with Gasteiger partial charge in [-0.15, -0.1) is 0 Å². The topological polar surface area (TPSA) is 35.5 Å². The van der Waals surface area contributed by atoms with Crippen molar-refractivity contribution in [3.05, 3.63) is 59.1 Å². The SMILES string of the molecule is CN(CCCNCc1c(O)cccc1Cl)c1ccccc1. The van der Waals surface area contributed by atoms with Crippen LogP contribution in [0.4, 0.5) is 5.69 Å². The van der Waals surface area contributed by atoms with Gasteiger partial charge in [0.15, 0.2) is 0 Å². The second-order valence-electron chi connectivity index (χ2n) is 5.02. The summed E-state index contributed by atoms with van der Waals surface area (Å²) >= 11 is 6.06. The number of hydrogen-bond donors (Lipinski definition) is 2. The molecule has 2 N–H and O–H groups in total. The normalized spacial score (nSPS) is 10.6. The lowest BCUT2D eigenvalue weighted by atomic mass is 10.2. The number of aromatic hydroxyl groups is 1. The summed E-state index contributed by atoms with van der Waals surface area (Å²) in [7, 11) is 2.09. The largest absolute Gasteiger partial charge is 0.508 e. The van der Waals surface area contributed by atoms with Gasteiger partial charge in [-0.1, -0.05) is 35.9 Å². The van der Waals surface area contributed by atoms with Crippen LogP contribution in [0.3, 0.4) is 0 Å². The summed E-state index contributed by atoms with van der Waals surface area (Å²) in [5, 5.41) is 13.7.